The molecule has 2 amide bonds. The minimum absolute atomic E-state index is 0.125. The molecule has 1 aliphatic rings. The zero-order chi connectivity index (χ0) is 16.4. The molecule has 1 saturated carbocycles. The van der Waals surface area contributed by atoms with Crippen molar-refractivity contribution in [3.63, 3.8) is 0 Å². The number of aromatic amines is 1. The van der Waals surface area contributed by atoms with Crippen LogP contribution < -0.4 is 5.32 Å². The summed E-state index contributed by atoms with van der Waals surface area (Å²) in [7, 11) is 1.73. The Balaban J connectivity index is 1.48. The largest absolute Gasteiger partial charge is 0.391 e. The first-order valence-electron chi connectivity index (χ1n) is 8.28. The van der Waals surface area contributed by atoms with Gasteiger partial charge in [0, 0.05) is 37.2 Å². The molecular weight excluding hydrogens is 290 g/mol. The van der Waals surface area contributed by atoms with Crippen LogP contribution in [0, 0.1) is 12.8 Å². The number of nitrogens with one attached hydrogen (secondary N) is 2. The zero-order valence-corrected chi connectivity index (χ0v) is 13.8. The molecule has 0 spiro atoms. The minimum atomic E-state index is -0.386. The van der Waals surface area contributed by atoms with E-state index < -0.39 is 0 Å². The third-order valence-corrected chi connectivity index (χ3v) is 4.57. The highest BCUT2D eigenvalue weighted by Gasteiger charge is 2.31. The number of nitrogens with zero attached hydrogens (tertiary/aromatic N) is 1. The van der Waals surface area contributed by atoms with Crippen molar-refractivity contribution in [2.45, 2.75) is 32.3 Å². The Hall–Kier alpha value is -2.01. The molecule has 1 unspecified atom stereocenters. The highest BCUT2D eigenvalue weighted by Crippen LogP contribution is 2.32. The van der Waals surface area contributed by atoms with Crippen LogP contribution in [0.2, 0.25) is 0 Å². The number of fused-ring (bicyclic) bond motifs is 1. The van der Waals surface area contributed by atoms with Gasteiger partial charge in [-0.25, -0.2) is 4.79 Å². The van der Waals surface area contributed by atoms with Crippen molar-refractivity contribution in [1.82, 2.24) is 15.2 Å². The van der Waals surface area contributed by atoms with Crippen molar-refractivity contribution in [3.8, 4) is 0 Å². The maximum atomic E-state index is 12.1. The van der Waals surface area contributed by atoms with Crippen molar-refractivity contribution in [2.75, 3.05) is 20.1 Å². The summed E-state index contributed by atoms with van der Waals surface area (Å²) in [6.07, 6.45) is 4.57. The summed E-state index contributed by atoms with van der Waals surface area (Å²) in [4.78, 5) is 16.9. The van der Waals surface area contributed by atoms with E-state index in [0.717, 1.165) is 24.8 Å². The molecule has 124 valence electrons. The summed E-state index contributed by atoms with van der Waals surface area (Å²) in [6.45, 7) is 3.07. The van der Waals surface area contributed by atoms with E-state index in [2.05, 4.69) is 35.4 Å². The Bertz CT molecular complexity index is 691. The first kappa shape index (κ1) is 15.9. The number of aliphatic hydroxyl groups is 1. The lowest BCUT2D eigenvalue weighted by molar-refractivity contribution is 0.113. The number of aryl methyl sites for hydroxylation is 1. The van der Waals surface area contributed by atoms with Crippen molar-refractivity contribution >= 4 is 16.9 Å². The van der Waals surface area contributed by atoms with Crippen LogP contribution >= 0.6 is 0 Å². The number of rotatable bonds is 6. The Morgan fingerprint density at radius 2 is 2.26 bits per heavy atom. The van der Waals surface area contributed by atoms with Crippen LogP contribution in [0.15, 0.2) is 24.4 Å². The van der Waals surface area contributed by atoms with Gasteiger partial charge in [0.05, 0.1) is 6.10 Å². The lowest BCUT2D eigenvalue weighted by atomic mass is 10.1. The van der Waals surface area contributed by atoms with Crippen molar-refractivity contribution in [3.05, 3.63) is 35.5 Å². The molecule has 0 radical (unpaired) electrons. The molecule has 3 N–H and O–H groups in total. The van der Waals surface area contributed by atoms with E-state index in [9.17, 15) is 9.90 Å². The summed E-state index contributed by atoms with van der Waals surface area (Å²) in [6, 6.07) is 6.23. The van der Waals surface area contributed by atoms with Crippen LogP contribution in [-0.2, 0) is 6.42 Å². The molecule has 1 aromatic heterocycles. The van der Waals surface area contributed by atoms with Gasteiger partial charge in [0.1, 0.15) is 0 Å². The molecular formula is C18H25N3O2. The number of H-pyrrole nitrogens is 1. The van der Waals surface area contributed by atoms with E-state index in [4.69, 9.17) is 0 Å². The molecule has 1 fully saturated rings. The second-order valence-electron chi connectivity index (χ2n) is 6.63. The number of carbonyl (C=O) groups is 1. The van der Waals surface area contributed by atoms with Crippen molar-refractivity contribution < 1.29 is 9.90 Å². The Labute approximate surface area is 136 Å². The summed E-state index contributed by atoms with van der Waals surface area (Å²) in [5, 5.41) is 14.0. The molecule has 1 aromatic carbocycles. The fourth-order valence-corrected chi connectivity index (χ4v) is 2.94. The van der Waals surface area contributed by atoms with Crippen LogP contribution in [0.3, 0.4) is 0 Å². The lowest BCUT2D eigenvalue weighted by Crippen LogP contribution is -2.42. The van der Waals surface area contributed by atoms with Gasteiger partial charge in [-0.05, 0) is 49.3 Å². The fourth-order valence-electron chi connectivity index (χ4n) is 2.94. The van der Waals surface area contributed by atoms with Gasteiger partial charge < -0.3 is 20.3 Å². The SMILES string of the molecule is Cc1ccc2c(CCNC(=O)N(C)CC(O)C3CC3)c[nH]c2c1. The fraction of sp³-hybridized carbons (Fsp3) is 0.500. The molecule has 1 aliphatic carbocycles. The van der Waals surface area contributed by atoms with Gasteiger partial charge in [-0.3, -0.25) is 0 Å². The van der Waals surface area contributed by atoms with E-state index in [0.29, 0.717) is 19.0 Å². The highest BCUT2D eigenvalue weighted by molar-refractivity contribution is 5.83. The van der Waals surface area contributed by atoms with E-state index in [-0.39, 0.29) is 12.1 Å². The second-order valence-corrected chi connectivity index (χ2v) is 6.63. The average Bonchev–Trinajstić information content (AvgIpc) is 3.30. The first-order valence-corrected chi connectivity index (χ1v) is 8.28. The number of benzene rings is 1. The van der Waals surface area contributed by atoms with Crippen LogP contribution in [0.5, 0.6) is 0 Å². The molecule has 2 aromatic rings. The summed E-state index contributed by atoms with van der Waals surface area (Å²) in [5.74, 6) is 0.389. The van der Waals surface area contributed by atoms with Gasteiger partial charge in [-0.15, -0.1) is 0 Å². The zero-order valence-electron chi connectivity index (χ0n) is 13.8. The van der Waals surface area contributed by atoms with E-state index in [1.807, 2.05) is 6.20 Å². The van der Waals surface area contributed by atoms with E-state index >= 15 is 0 Å². The predicted octanol–water partition coefficient (Wildman–Crippen LogP) is 2.43. The van der Waals surface area contributed by atoms with Gasteiger partial charge in [0.2, 0.25) is 0 Å². The van der Waals surface area contributed by atoms with Crippen LogP contribution in [0.4, 0.5) is 4.79 Å². The average molecular weight is 315 g/mol. The Morgan fingerprint density at radius 3 is 3.00 bits per heavy atom. The molecule has 0 saturated heterocycles. The second kappa shape index (κ2) is 6.62. The molecule has 0 bridgehead atoms. The monoisotopic (exact) mass is 315 g/mol. The number of carbonyl (C=O) groups excluding carboxylic acids is 1. The van der Waals surface area contributed by atoms with E-state index in [1.54, 1.807) is 11.9 Å². The Kier molecular flexibility index (Phi) is 4.57. The molecule has 0 aliphatic heterocycles. The van der Waals surface area contributed by atoms with Gasteiger partial charge in [0.25, 0.3) is 0 Å². The summed E-state index contributed by atoms with van der Waals surface area (Å²) >= 11 is 0. The number of hydrogen-bond donors (Lipinski definition) is 3. The lowest BCUT2D eigenvalue weighted by Gasteiger charge is -2.21. The molecule has 5 nitrogen and oxygen atoms in total. The van der Waals surface area contributed by atoms with E-state index in [1.165, 1.54) is 16.5 Å². The molecule has 3 rings (SSSR count). The molecule has 23 heavy (non-hydrogen) atoms. The van der Waals surface area contributed by atoms with Gasteiger partial charge >= 0.3 is 6.03 Å². The van der Waals surface area contributed by atoms with Crippen LogP contribution in [0.1, 0.15) is 24.0 Å². The topological polar surface area (TPSA) is 68.4 Å². The van der Waals surface area contributed by atoms with Gasteiger partial charge in [-0.1, -0.05) is 12.1 Å². The first-order chi connectivity index (χ1) is 11.0. The highest BCUT2D eigenvalue weighted by atomic mass is 16.3. The quantitative estimate of drug-likeness (QED) is 0.766. The number of aliphatic hydroxyl groups excluding tert-OH is 1. The Morgan fingerprint density at radius 1 is 1.48 bits per heavy atom. The van der Waals surface area contributed by atoms with Gasteiger partial charge in [0.15, 0.2) is 0 Å². The number of hydrogen-bond acceptors (Lipinski definition) is 2. The summed E-state index contributed by atoms with van der Waals surface area (Å²) < 4.78 is 0. The summed E-state index contributed by atoms with van der Waals surface area (Å²) in [5.41, 5.74) is 3.58. The standard InChI is InChI=1S/C18H25N3O2/c1-12-3-6-15-14(10-20-16(15)9-12)7-8-19-18(23)21(2)11-17(22)13-4-5-13/h3,6,9-10,13,17,20,22H,4-5,7-8,11H2,1-2H3,(H,19,23). The number of urea groups is 1. The number of aromatic nitrogens is 1. The molecule has 1 heterocycles. The van der Waals surface area contributed by atoms with Crippen LogP contribution in [-0.4, -0.2) is 47.3 Å². The third kappa shape index (κ3) is 3.85. The normalized spacial score (nSPS) is 15.6. The number of amides is 2. The minimum Gasteiger partial charge on any atom is -0.391 e. The predicted molar refractivity (Wildman–Crippen MR) is 91.5 cm³/mol. The van der Waals surface area contributed by atoms with Crippen molar-refractivity contribution in [2.24, 2.45) is 5.92 Å². The van der Waals surface area contributed by atoms with Gasteiger partial charge in [-0.2, -0.15) is 0 Å². The maximum absolute atomic E-state index is 12.1. The smallest absolute Gasteiger partial charge is 0.317 e. The van der Waals surface area contributed by atoms with Crippen molar-refractivity contribution in [1.29, 1.82) is 0 Å². The molecule has 1 atom stereocenters. The maximum Gasteiger partial charge on any atom is 0.317 e. The molecule has 5 heteroatoms. The van der Waals surface area contributed by atoms with Crippen LogP contribution in [0.25, 0.3) is 10.9 Å². The number of likely N-dealkylation sites (N-methyl/N-ethyl adjacent to an activating group) is 1. The third-order valence-electron chi connectivity index (χ3n) is 4.57.